The topological polar surface area (TPSA) is 0 Å². The quantitative estimate of drug-likeness (QED) is 0.461. The highest BCUT2D eigenvalue weighted by atomic mass is 35.5. The summed E-state index contributed by atoms with van der Waals surface area (Å²) >= 11 is 11.2. The second-order valence-electron chi connectivity index (χ2n) is 2.47. The molecule has 0 heterocycles. The van der Waals surface area contributed by atoms with Crippen LogP contribution in [-0.4, -0.2) is 5.88 Å². The van der Waals surface area contributed by atoms with Crippen molar-refractivity contribution in [3.63, 3.8) is 0 Å². The molecular weight excluding hydrogens is 210 g/mol. The molecule has 0 saturated carbocycles. The number of hydrogen-bond donors (Lipinski definition) is 0. The van der Waals surface area contributed by atoms with Gasteiger partial charge in [0.25, 0.3) is 0 Å². The normalized spacial score (nSPS) is 9.23. The highest BCUT2D eigenvalue weighted by Crippen LogP contribution is 2.22. The van der Waals surface area contributed by atoms with Crippen LogP contribution in [0.5, 0.6) is 0 Å². The Morgan fingerprint density at radius 3 is 2.77 bits per heavy atom. The number of hydrogen-bond acceptors (Lipinski definition) is 0. The molecule has 0 aliphatic heterocycles. The largest absolute Gasteiger partial charge is 0.207 e. The molecule has 0 N–H and O–H groups in total. The van der Waals surface area contributed by atoms with Crippen molar-refractivity contribution in [1.29, 1.82) is 0 Å². The fourth-order valence-corrected chi connectivity index (χ4v) is 1.15. The summed E-state index contributed by atoms with van der Waals surface area (Å²) in [6.07, 6.45) is 0. The Hall–Kier alpha value is -0.710. The highest BCUT2D eigenvalue weighted by Gasteiger charge is 2.05. The predicted molar refractivity (Wildman–Crippen MR) is 53.7 cm³/mol. The van der Waals surface area contributed by atoms with E-state index in [0.717, 1.165) is 0 Å². The standard InChI is InChI=1S/C10H7Cl2F/c1-7-9(13)5-4-8(10(7)12)3-2-6-11/h4-5H,6H2,1H3. The number of alkyl halides is 1. The molecule has 1 aromatic rings. The van der Waals surface area contributed by atoms with Crippen LogP contribution in [0, 0.1) is 24.6 Å². The molecular formula is C10H7Cl2F. The lowest BCUT2D eigenvalue weighted by atomic mass is 10.1. The zero-order valence-corrected chi connectivity index (χ0v) is 8.51. The molecule has 0 radical (unpaired) electrons. The van der Waals surface area contributed by atoms with Crippen molar-refractivity contribution in [2.75, 3.05) is 5.88 Å². The third-order valence-electron chi connectivity index (χ3n) is 1.61. The van der Waals surface area contributed by atoms with Gasteiger partial charge in [-0.2, -0.15) is 0 Å². The van der Waals surface area contributed by atoms with Gasteiger partial charge in [0.15, 0.2) is 0 Å². The third-order valence-corrected chi connectivity index (χ3v) is 2.23. The van der Waals surface area contributed by atoms with E-state index in [9.17, 15) is 4.39 Å². The zero-order chi connectivity index (χ0) is 9.84. The molecule has 0 aromatic heterocycles. The number of halogens is 3. The summed E-state index contributed by atoms with van der Waals surface area (Å²) in [6.45, 7) is 1.61. The Balaban J connectivity index is 3.18. The lowest BCUT2D eigenvalue weighted by molar-refractivity contribution is 0.618. The van der Waals surface area contributed by atoms with Crippen LogP contribution in [0.2, 0.25) is 5.02 Å². The van der Waals surface area contributed by atoms with Crippen molar-refractivity contribution in [3.05, 3.63) is 34.1 Å². The molecule has 0 aliphatic carbocycles. The average Bonchev–Trinajstić information content (AvgIpc) is 2.13. The zero-order valence-electron chi connectivity index (χ0n) is 7.00. The van der Waals surface area contributed by atoms with E-state index in [0.29, 0.717) is 16.1 Å². The molecule has 0 bridgehead atoms. The maximum absolute atomic E-state index is 12.9. The smallest absolute Gasteiger partial charge is 0.127 e. The summed E-state index contributed by atoms with van der Waals surface area (Å²) < 4.78 is 12.9. The molecule has 1 rings (SSSR count). The van der Waals surface area contributed by atoms with E-state index >= 15 is 0 Å². The van der Waals surface area contributed by atoms with E-state index in [1.165, 1.54) is 6.07 Å². The fraction of sp³-hybridized carbons (Fsp3) is 0.200. The Bertz CT molecular complexity index is 374. The van der Waals surface area contributed by atoms with Gasteiger partial charge in [-0.1, -0.05) is 23.4 Å². The van der Waals surface area contributed by atoms with Crippen molar-refractivity contribution >= 4 is 23.2 Å². The van der Waals surface area contributed by atoms with Gasteiger partial charge in [0.2, 0.25) is 0 Å². The first-order chi connectivity index (χ1) is 6.16. The molecule has 0 fully saturated rings. The lowest BCUT2D eigenvalue weighted by Crippen LogP contribution is -1.87. The van der Waals surface area contributed by atoms with Crippen LogP contribution in [0.1, 0.15) is 11.1 Å². The molecule has 0 unspecified atom stereocenters. The predicted octanol–water partition coefficient (Wildman–Crippen LogP) is 3.38. The summed E-state index contributed by atoms with van der Waals surface area (Å²) in [7, 11) is 0. The summed E-state index contributed by atoms with van der Waals surface area (Å²) in [5.74, 6) is 5.34. The van der Waals surface area contributed by atoms with Crippen molar-refractivity contribution in [3.8, 4) is 11.8 Å². The van der Waals surface area contributed by atoms with Gasteiger partial charge in [-0.15, -0.1) is 11.6 Å². The van der Waals surface area contributed by atoms with Crippen LogP contribution >= 0.6 is 23.2 Å². The van der Waals surface area contributed by atoms with E-state index in [1.54, 1.807) is 13.0 Å². The second kappa shape index (κ2) is 4.50. The molecule has 0 spiro atoms. The lowest BCUT2D eigenvalue weighted by Gasteiger charge is -2.01. The van der Waals surface area contributed by atoms with Gasteiger partial charge in [-0.05, 0) is 19.1 Å². The van der Waals surface area contributed by atoms with Crippen LogP contribution in [-0.2, 0) is 0 Å². The van der Waals surface area contributed by atoms with Crippen LogP contribution < -0.4 is 0 Å². The molecule has 0 nitrogen and oxygen atoms in total. The fourth-order valence-electron chi connectivity index (χ4n) is 0.887. The molecule has 1 aromatic carbocycles. The maximum atomic E-state index is 12.9. The van der Waals surface area contributed by atoms with E-state index in [1.807, 2.05) is 0 Å². The summed E-state index contributed by atoms with van der Waals surface area (Å²) in [5.41, 5.74) is 1.03. The van der Waals surface area contributed by atoms with Gasteiger partial charge < -0.3 is 0 Å². The highest BCUT2D eigenvalue weighted by molar-refractivity contribution is 6.32. The minimum Gasteiger partial charge on any atom is -0.207 e. The number of rotatable bonds is 0. The monoisotopic (exact) mass is 216 g/mol. The Kier molecular flexibility index (Phi) is 3.59. The van der Waals surface area contributed by atoms with Gasteiger partial charge in [0.1, 0.15) is 5.82 Å². The first-order valence-corrected chi connectivity index (χ1v) is 4.57. The average molecular weight is 217 g/mol. The van der Waals surface area contributed by atoms with Crippen molar-refractivity contribution in [2.24, 2.45) is 0 Å². The second-order valence-corrected chi connectivity index (χ2v) is 3.11. The van der Waals surface area contributed by atoms with Crippen molar-refractivity contribution < 1.29 is 4.39 Å². The van der Waals surface area contributed by atoms with Crippen LogP contribution in [0.3, 0.4) is 0 Å². The maximum Gasteiger partial charge on any atom is 0.127 e. The third kappa shape index (κ3) is 2.37. The summed E-state index contributed by atoms with van der Waals surface area (Å²) in [5, 5.41) is 0.359. The van der Waals surface area contributed by atoms with Gasteiger partial charge in [-0.25, -0.2) is 4.39 Å². The first kappa shape index (κ1) is 10.4. The van der Waals surface area contributed by atoms with Gasteiger partial charge in [0, 0.05) is 11.1 Å². The Labute approximate surface area is 86.7 Å². The minimum atomic E-state index is -0.318. The van der Waals surface area contributed by atoms with E-state index in [4.69, 9.17) is 23.2 Å². The van der Waals surface area contributed by atoms with E-state index in [-0.39, 0.29) is 11.7 Å². The van der Waals surface area contributed by atoms with Crippen LogP contribution in [0.15, 0.2) is 12.1 Å². The Morgan fingerprint density at radius 2 is 2.15 bits per heavy atom. The molecule has 0 amide bonds. The molecule has 0 saturated heterocycles. The number of benzene rings is 1. The van der Waals surface area contributed by atoms with Gasteiger partial charge >= 0.3 is 0 Å². The molecule has 68 valence electrons. The van der Waals surface area contributed by atoms with Crippen LogP contribution in [0.4, 0.5) is 4.39 Å². The van der Waals surface area contributed by atoms with E-state index < -0.39 is 0 Å². The van der Waals surface area contributed by atoms with Crippen molar-refractivity contribution in [2.45, 2.75) is 6.92 Å². The van der Waals surface area contributed by atoms with Crippen molar-refractivity contribution in [1.82, 2.24) is 0 Å². The van der Waals surface area contributed by atoms with Gasteiger partial charge in [-0.3, -0.25) is 0 Å². The molecule has 3 heteroatoms. The molecule has 0 aliphatic rings. The first-order valence-electron chi connectivity index (χ1n) is 3.66. The Morgan fingerprint density at radius 1 is 1.46 bits per heavy atom. The minimum absolute atomic E-state index is 0.243. The van der Waals surface area contributed by atoms with Gasteiger partial charge in [0.05, 0.1) is 10.9 Å². The summed E-state index contributed by atoms with van der Waals surface area (Å²) in [4.78, 5) is 0. The molecule has 13 heavy (non-hydrogen) atoms. The summed E-state index contributed by atoms with van der Waals surface area (Å²) in [6, 6.07) is 2.89. The SMILES string of the molecule is Cc1c(F)ccc(C#CCCl)c1Cl. The van der Waals surface area contributed by atoms with E-state index in [2.05, 4.69) is 11.8 Å². The van der Waals surface area contributed by atoms with Crippen LogP contribution in [0.25, 0.3) is 0 Å². The molecule has 0 atom stereocenters.